The van der Waals surface area contributed by atoms with Gasteiger partial charge in [0.25, 0.3) is 0 Å². The number of hydrogen-bond donors (Lipinski definition) is 0. The summed E-state index contributed by atoms with van der Waals surface area (Å²) >= 11 is 4.31. The summed E-state index contributed by atoms with van der Waals surface area (Å²) < 4.78 is 1.35. The Morgan fingerprint density at radius 1 is 1.10 bits per heavy atom. The molecule has 3 rings (SSSR count). The van der Waals surface area contributed by atoms with Crippen molar-refractivity contribution in [2.75, 3.05) is 11.9 Å². The Bertz CT molecular complexity index is 558. The van der Waals surface area contributed by atoms with Crippen LogP contribution in [0, 0.1) is 3.57 Å². The molecule has 0 radical (unpaired) electrons. The van der Waals surface area contributed by atoms with Crippen LogP contribution in [0.3, 0.4) is 0 Å². The Morgan fingerprint density at radius 3 is 2.60 bits per heavy atom. The summed E-state index contributed by atoms with van der Waals surface area (Å²) in [6.07, 6.45) is 6.85. The lowest BCUT2D eigenvalue weighted by molar-refractivity contribution is 0.428. The molecule has 1 aliphatic rings. The van der Waals surface area contributed by atoms with E-state index >= 15 is 0 Å². The molecule has 3 heteroatoms. The number of hydrogen-bond acceptors (Lipinski definition) is 2. The fourth-order valence-corrected chi connectivity index (χ4v) is 4.89. The summed E-state index contributed by atoms with van der Waals surface area (Å²) in [5, 5.41) is 2.17. The zero-order valence-electron chi connectivity index (χ0n) is 11.8. The van der Waals surface area contributed by atoms with Crippen LogP contribution in [0.4, 0.5) is 5.69 Å². The quantitative estimate of drug-likeness (QED) is 0.593. The van der Waals surface area contributed by atoms with Crippen LogP contribution in [0.2, 0.25) is 0 Å². The first-order valence-electron chi connectivity index (χ1n) is 7.32. The zero-order chi connectivity index (χ0) is 13.9. The lowest BCUT2D eigenvalue weighted by atomic mass is 9.93. The van der Waals surface area contributed by atoms with Gasteiger partial charge in [-0.1, -0.05) is 31.4 Å². The van der Waals surface area contributed by atoms with E-state index in [2.05, 4.69) is 70.3 Å². The van der Waals surface area contributed by atoms with E-state index in [9.17, 15) is 0 Å². The van der Waals surface area contributed by atoms with Gasteiger partial charge in [-0.25, -0.2) is 0 Å². The molecule has 0 aliphatic heterocycles. The van der Waals surface area contributed by atoms with E-state index < -0.39 is 0 Å². The first kappa shape index (κ1) is 14.4. The van der Waals surface area contributed by atoms with Crippen molar-refractivity contribution in [3.05, 3.63) is 39.3 Å². The summed E-state index contributed by atoms with van der Waals surface area (Å²) in [5.74, 6) is 0. The van der Waals surface area contributed by atoms with Gasteiger partial charge in [-0.3, -0.25) is 0 Å². The van der Waals surface area contributed by atoms with Gasteiger partial charge < -0.3 is 4.90 Å². The number of thiophene rings is 1. The van der Waals surface area contributed by atoms with Crippen LogP contribution in [0.1, 0.15) is 32.1 Å². The van der Waals surface area contributed by atoms with Crippen molar-refractivity contribution >= 4 is 39.6 Å². The van der Waals surface area contributed by atoms with Crippen LogP contribution in [0.25, 0.3) is 10.4 Å². The van der Waals surface area contributed by atoms with Gasteiger partial charge in [0, 0.05) is 32.8 Å². The van der Waals surface area contributed by atoms with Crippen molar-refractivity contribution in [2.24, 2.45) is 0 Å². The van der Waals surface area contributed by atoms with Crippen molar-refractivity contribution in [3.8, 4) is 10.4 Å². The standard InChI is InChI=1S/C17H20INS/c1-19(13-7-3-2-4-8-13)15-10-5-9-14(18)17(15)16-11-6-12-20-16/h5-6,9-13H,2-4,7-8H2,1H3. The van der Waals surface area contributed by atoms with Gasteiger partial charge in [0.15, 0.2) is 0 Å². The molecule has 0 amide bonds. The normalized spacial score (nSPS) is 16.3. The van der Waals surface area contributed by atoms with E-state index in [-0.39, 0.29) is 0 Å². The average Bonchev–Trinajstić information content (AvgIpc) is 3.01. The molecule has 1 aromatic heterocycles. The zero-order valence-corrected chi connectivity index (χ0v) is 14.8. The van der Waals surface area contributed by atoms with Gasteiger partial charge in [0.1, 0.15) is 0 Å². The molecule has 0 saturated heterocycles. The second-order valence-electron chi connectivity index (χ2n) is 5.51. The van der Waals surface area contributed by atoms with Crippen molar-refractivity contribution in [3.63, 3.8) is 0 Å². The van der Waals surface area contributed by atoms with E-state index in [0.717, 1.165) is 0 Å². The minimum atomic E-state index is 0.709. The van der Waals surface area contributed by atoms with Gasteiger partial charge in [0.2, 0.25) is 0 Å². The third-order valence-corrected chi connectivity index (χ3v) is 6.05. The van der Waals surface area contributed by atoms with Gasteiger partial charge >= 0.3 is 0 Å². The van der Waals surface area contributed by atoms with Gasteiger partial charge in [0.05, 0.1) is 0 Å². The summed E-state index contributed by atoms with van der Waals surface area (Å²) in [4.78, 5) is 3.91. The predicted octanol–water partition coefficient (Wildman–Crippen LogP) is 5.79. The summed E-state index contributed by atoms with van der Waals surface area (Å²) in [7, 11) is 2.28. The second kappa shape index (κ2) is 6.48. The van der Waals surface area contributed by atoms with Crippen LogP contribution < -0.4 is 4.90 Å². The van der Waals surface area contributed by atoms with E-state index in [1.807, 2.05) is 11.3 Å². The maximum absolute atomic E-state index is 2.52. The van der Waals surface area contributed by atoms with Crippen LogP contribution >= 0.6 is 33.9 Å². The Hall–Kier alpha value is -0.550. The third-order valence-electron chi connectivity index (χ3n) is 4.26. The van der Waals surface area contributed by atoms with Crippen molar-refractivity contribution < 1.29 is 0 Å². The number of nitrogens with zero attached hydrogens (tertiary/aromatic N) is 1. The van der Waals surface area contributed by atoms with E-state index in [1.54, 1.807) is 0 Å². The van der Waals surface area contributed by atoms with Crippen LogP contribution in [-0.2, 0) is 0 Å². The molecular weight excluding hydrogens is 377 g/mol. The smallest absolute Gasteiger partial charge is 0.0464 e. The largest absolute Gasteiger partial charge is 0.371 e. The monoisotopic (exact) mass is 397 g/mol. The maximum atomic E-state index is 2.52. The topological polar surface area (TPSA) is 3.24 Å². The number of anilines is 1. The Morgan fingerprint density at radius 2 is 1.90 bits per heavy atom. The number of halogens is 1. The van der Waals surface area contributed by atoms with Crippen molar-refractivity contribution in [2.45, 2.75) is 38.1 Å². The lowest BCUT2D eigenvalue weighted by Crippen LogP contribution is -2.33. The SMILES string of the molecule is CN(c1cccc(I)c1-c1cccs1)C1CCCCC1. The van der Waals surface area contributed by atoms with E-state index in [1.165, 1.54) is 51.8 Å². The van der Waals surface area contributed by atoms with Crippen LogP contribution in [-0.4, -0.2) is 13.1 Å². The molecule has 20 heavy (non-hydrogen) atoms. The Labute approximate surface area is 139 Å². The first-order chi connectivity index (χ1) is 9.77. The minimum absolute atomic E-state index is 0.709. The van der Waals surface area contributed by atoms with Gasteiger partial charge in [-0.05, 0) is 59.0 Å². The molecule has 1 nitrogen and oxygen atoms in total. The van der Waals surface area contributed by atoms with Crippen molar-refractivity contribution in [1.82, 2.24) is 0 Å². The molecule has 0 unspecified atom stereocenters. The van der Waals surface area contributed by atoms with Gasteiger partial charge in [-0.15, -0.1) is 11.3 Å². The highest BCUT2D eigenvalue weighted by molar-refractivity contribution is 14.1. The fourth-order valence-electron chi connectivity index (χ4n) is 3.14. The molecule has 1 aliphatic carbocycles. The second-order valence-corrected chi connectivity index (χ2v) is 7.62. The summed E-state index contributed by atoms with van der Waals surface area (Å²) in [5.41, 5.74) is 2.81. The highest BCUT2D eigenvalue weighted by atomic mass is 127. The van der Waals surface area contributed by atoms with E-state index in [0.29, 0.717) is 6.04 Å². The molecule has 1 fully saturated rings. The molecule has 2 aromatic rings. The summed E-state index contributed by atoms with van der Waals surface area (Å²) in [6.45, 7) is 0. The number of rotatable bonds is 3. The molecule has 1 heterocycles. The Balaban J connectivity index is 1.98. The summed E-state index contributed by atoms with van der Waals surface area (Å²) in [6, 6.07) is 11.8. The number of benzene rings is 1. The highest BCUT2D eigenvalue weighted by Gasteiger charge is 2.21. The van der Waals surface area contributed by atoms with E-state index in [4.69, 9.17) is 0 Å². The molecule has 106 valence electrons. The molecular formula is C17H20INS. The molecule has 1 saturated carbocycles. The van der Waals surface area contributed by atoms with Crippen LogP contribution in [0.15, 0.2) is 35.7 Å². The molecule has 0 atom stereocenters. The lowest BCUT2D eigenvalue weighted by Gasteiger charge is -2.34. The fraction of sp³-hybridized carbons (Fsp3) is 0.412. The third kappa shape index (κ3) is 2.89. The average molecular weight is 397 g/mol. The maximum Gasteiger partial charge on any atom is 0.0464 e. The predicted molar refractivity (Wildman–Crippen MR) is 97.7 cm³/mol. The van der Waals surface area contributed by atoms with Crippen LogP contribution in [0.5, 0.6) is 0 Å². The van der Waals surface area contributed by atoms with Crippen molar-refractivity contribution in [1.29, 1.82) is 0 Å². The molecule has 0 bridgehead atoms. The minimum Gasteiger partial charge on any atom is -0.371 e. The Kier molecular flexibility index (Phi) is 4.66. The van der Waals surface area contributed by atoms with Gasteiger partial charge in [-0.2, -0.15) is 0 Å². The highest BCUT2D eigenvalue weighted by Crippen LogP contribution is 2.39. The first-order valence-corrected chi connectivity index (χ1v) is 9.28. The molecule has 1 aromatic carbocycles. The molecule has 0 N–H and O–H groups in total. The molecule has 0 spiro atoms.